The number of hydrogen-bond donors (Lipinski definition) is 1. The number of ether oxygens (including phenoxy) is 1. The first-order valence-electron chi connectivity index (χ1n) is 6.38. The van der Waals surface area contributed by atoms with Gasteiger partial charge in [-0.25, -0.2) is 13.2 Å². The number of morpholine rings is 1. The van der Waals surface area contributed by atoms with E-state index in [4.69, 9.17) is 4.74 Å². The molecule has 0 aliphatic carbocycles. The van der Waals surface area contributed by atoms with Crippen molar-refractivity contribution in [1.82, 2.24) is 0 Å². The van der Waals surface area contributed by atoms with Crippen molar-refractivity contribution in [2.75, 3.05) is 37.0 Å². The monoisotopic (exact) mass is 299 g/mol. The van der Waals surface area contributed by atoms with E-state index in [2.05, 4.69) is 0 Å². The van der Waals surface area contributed by atoms with Crippen LogP contribution in [0.4, 0.5) is 5.69 Å². The number of hydrogen-bond acceptors (Lipinski definition) is 5. The highest BCUT2D eigenvalue weighted by Crippen LogP contribution is 2.25. The van der Waals surface area contributed by atoms with Gasteiger partial charge in [0.05, 0.1) is 35.1 Å². The number of sulfone groups is 1. The van der Waals surface area contributed by atoms with Crippen LogP contribution in [0.1, 0.15) is 17.3 Å². The average Bonchev–Trinajstić information content (AvgIpc) is 2.47. The molecule has 1 aliphatic rings. The lowest BCUT2D eigenvalue weighted by molar-refractivity contribution is 0.0696. The van der Waals surface area contributed by atoms with E-state index in [1.807, 2.05) is 4.90 Å². The minimum absolute atomic E-state index is 0.0152. The topological polar surface area (TPSA) is 83.9 Å². The first kappa shape index (κ1) is 14.8. The van der Waals surface area contributed by atoms with E-state index < -0.39 is 15.8 Å². The van der Waals surface area contributed by atoms with Crippen molar-refractivity contribution in [2.45, 2.75) is 11.8 Å². The van der Waals surface area contributed by atoms with Crippen LogP contribution in [0.3, 0.4) is 0 Å². The molecule has 110 valence electrons. The predicted molar refractivity (Wildman–Crippen MR) is 74.2 cm³/mol. The van der Waals surface area contributed by atoms with Crippen LogP contribution in [0.5, 0.6) is 0 Å². The summed E-state index contributed by atoms with van der Waals surface area (Å²) >= 11 is 0. The van der Waals surface area contributed by atoms with Gasteiger partial charge >= 0.3 is 5.97 Å². The number of rotatable bonds is 4. The van der Waals surface area contributed by atoms with Crippen LogP contribution in [0.2, 0.25) is 0 Å². The second kappa shape index (κ2) is 5.80. The van der Waals surface area contributed by atoms with E-state index in [0.717, 1.165) is 0 Å². The fourth-order valence-corrected chi connectivity index (χ4v) is 3.03. The number of nitrogens with zero attached hydrogens (tertiary/aromatic N) is 1. The molecule has 1 fully saturated rings. The number of carboxylic acids is 1. The molecule has 0 amide bonds. The van der Waals surface area contributed by atoms with E-state index in [1.165, 1.54) is 19.1 Å². The van der Waals surface area contributed by atoms with Gasteiger partial charge < -0.3 is 14.7 Å². The molecule has 1 aliphatic heterocycles. The van der Waals surface area contributed by atoms with Crippen molar-refractivity contribution in [3.05, 3.63) is 23.8 Å². The van der Waals surface area contributed by atoms with Gasteiger partial charge in [0, 0.05) is 13.1 Å². The van der Waals surface area contributed by atoms with Gasteiger partial charge in [0.15, 0.2) is 9.84 Å². The maximum absolute atomic E-state index is 11.8. The first-order chi connectivity index (χ1) is 9.45. The Hall–Kier alpha value is -1.60. The Kier molecular flexibility index (Phi) is 4.29. The van der Waals surface area contributed by atoms with Gasteiger partial charge in [-0.1, -0.05) is 6.92 Å². The first-order valence-corrected chi connectivity index (χ1v) is 8.03. The summed E-state index contributed by atoms with van der Waals surface area (Å²) in [5.74, 6) is -1.18. The van der Waals surface area contributed by atoms with Gasteiger partial charge in [-0.3, -0.25) is 0 Å². The molecular formula is C13H17NO5S. The molecule has 0 bridgehead atoms. The second-order valence-electron chi connectivity index (χ2n) is 4.49. The summed E-state index contributed by atoms with van der Waals surface area (Å²) in [5, 5.41) is 9.31. The number of anilines is 1. The molecule has 6 nitrogen and oxygen atoms in total. The highest BCUT2D eigenvalue weighted by molar-refractivity contribution is 7.91. The zero-order valence-corrected chi connectivity index (χ0v) is 12.0. The predicted octanol–water partition coefficient (Wildman–Crippen LogP) is 1.01. The van der Waals surface area contributed by atoms with Crippen molar-refractivity contribution in [3.63, 3.8) is 0 Å². The molecule has 20 heavy (non-hydrogen) atoms. The number of benzene rings is 1. The fraction of sp³-hybridized carbons (Fsp3) is 0.462. The molecule has 7 heteroatoms. The van der Waals surface area contributed by atoms with E-state index in [0.29, 0.717) is 32.0 Å². The molecular weight excluding hydrogens is 282 g/mol. The summed E-state index contributed by atoms with van der Waals surface area (Å²) in [4.78, 5) is 13.3. The van der Waals surface area contributed by atoms with Crippen molar-refractivity contribution in [1.29, 1.82) is 0 Å². The van der Waals surface area contributed by atoms with Gasteiger partial charge in [-0.15, -0.1) is 0 Å². The van der Waals surface area contributed by atoms with Crippen LogP contribution in [0, 0.1) is 0 Å². The number of carbonyl (C=O) groups is 1. The van der Waals surface area contributed by atoms with Gasteiger partial charge in [0.25, 0.3) is 0 Å². The molecule has 0 spiro atoms. The third kappa shape index (κ3) is 2.94. The number of carboxylic acid groups (broad SMARTS) is 1. The van der Waals surface area contributed by atoms with E-state index in [9.17, 15) is 18.3 Å². The lowest BCUT2D eigenvalue weighted by Gasteiger charge is -2.30. The molecule has 0 radical (unpaired) electrons. The lowest BCUT2D eigenvalue weighted by atomic mass is 10.1. The molecule has 0 saturated carbocycles. The van der Waals surface area contributed by atoms with Crippen LogP contribution in [-0.4, -0.2) is 51.5 Å². The van der Waals surface area contributed by atoms with E-state index in [-0.39, 0.29) is 16.2 Å². The van der Waals surface area contributed by atoms with Crippen LogP contribution in [0.25, 0.3) is 0 Å². The van der Waals surface area contributed by atoms with Gasteiger partial charge in [-0.2, -0.15) is 0 Å². The smallest absolute Gasteiger partial charge is 0.337 e. The summed E-state index contributed by atoms with van der Waals surface area (Å²) < 4.78 is 28.9. The second-order valence-corrected chi connectivity index (χ2v) is 6.77. The summed E-state index contributed by atoms with van der Waals surface area (Å²) in [6.07, 6.45) is 0. The molecule has 0 aromatic heterocycles. The molecule has 1 aromatic carbocycles. The van der Waals surface area contributed by atoms with E-state index >= 15 is 0 Å². The van der Waals surface area contributed by atoms with Crippen LogP contribution >= 0.6 is 0 Å². The van der Waals surface area contributed by atoms with Gasteiger partial charge in [0.1, 0.15) is 0 Å². The van der Waals surface area contributed by atoms with Crippen molar-refractivity contribution < 1.29 is 23.1 Å². The molecule has 1 aromatic rings. The Morgan fingerprint density at radius 3 is 2.55 bits per heavy atom. The highest BCUT2D eigenvalue weighted by atomic mass is 32.2. The molecule has 1 heterocycles. The van der Waals surface area contributed by atoms with Crippen LogP contribution in [-0.2, 0) is 14.6 Å². The summed E-state index contributed by atoms with van der Waals surface area (Å²) in [6.45, 7) is 3.80. The van der Waals surface area contributed by atoms with Crippen molar-refractivity contribution >= 4 is 21.5 Å². The Morgan fingerprint density at radius 1 is 1.35 bits per heavy atom. The van der Waals surface area contributed by atoms with Crippen molar-refractivity contribution in [3.8, 4) is 0 Å². The molecule has 0 unspecified atom stereocenters. The zero-order valence-electron chi connectivity index (χ0n) is 11.2. The third-order valence-electron chi connectivity index (χ3n) is 3.29. The molecule has 0 atom stereocenters. The average molecular weight is 299 g/mol. The maximum atomic E-state index is 11.8. The minimum atomic E-state index is -3.41. The Balaban J connectivity index is 2.46. The summed E-state index contributed by atoms with van der Waals surface area (Å²) in [5.41, 5.74) is 0.553. The Morgan fingerprint density at radius 2 is 2.00 bits per heavy atom. The quantitative estimate of drug-likeness (QED) is 0.893. The summed E-state index contributed by atoms with van der Waals surface area (Å²) in [7, 11) is -3.41. The minimum Gasteiger partial charge on any atom is -0.478 e. The fourth-order valence-electron chi connectivity index (χ4n) is 2.13. The molecule has 2 rings (SSSR count). The third-order valence-corrected chi connectivity index (χ3v) is 5.02. The Labute approximate surface area is 117 Å². The molecule has 1 N–H and O–H groups in total. The van der Waals surface area contributed by atoms with Crippen LogP contribution < -0.4 is 4.90 Å². The van der Waals surface area contributed by atoms with E-state index in [1.54, 1.807) is 6.07 Å². The van der Waals surface area contributed by atoms with Gasteiger partial charge in [-0.05, 0) is 18.2 Å². The maximum Gasteiger partial charge on any atom is 0.337 e. The van der Waals surface area contributed by atoms with Gasteiger partial charge in [0.2, 0.25) is 0 Å². The molecule has 1 saturated heterocycles. The standard InChI is InChI=1S/C13H17NO5S/c1-2-20(17,18)10-3-4-12(11(9-10)13(15)16)14-5-7-19-8-6-14/h3-4,9H,2,5-8H2,1H3,(H,15,16). The summed E-state index contributed by atoms with van der Waals surface area (Å²) in [6, 6.07) is 4.28. The normalized spacial score (nSPS) is 16.1. The lowest BCUT2D eigenvalue weighted by Crippen LogP contribution is -2.37. The zero-order chi connectivity index (χ0) is 14.8. The Bertz CT molecular complexity index is 605. The highest BCUT2D eigenvalue weighted by Gasteiger charge is 2.21. The number of aromatic carboxylic acids is 1. The van der Waals surface area contributed by atoms with Crippen LogP contribution in [0.15, 0.2) is 23.1 Å². The SMILES string of the molecule is CCS(=O)(=O)c1ccc(N2CCOCC2)c(C(=O)O)c1. The largest absolute Gasteiger partial charge is 0.478 e. The van der Waals surface area contributed by atoms with Crippen molar-refractivity contribution in [2.24, 2.45) is 0 Å².